The minimum atomic E-state index is -0.258. The Morgan fingerprint density at radius 1 is 1.47 bits per heavy atom. The number of nitrogens with one attached hydrogen (secondary N) is 1. The Morgan fingerprint density at radius 2 is 2.26 bits per heavy atom. The van der Waals surface area contributed by atoms with Crippen LogP contribution in [0.3, 0.4) is 0 Å². The van der Waals surface area contributed by atoms with Crippen LogP contribution < -0.4 is 11.1 Å². The van der Waals surface area contributed by atoms with Gasteiger partial charge in [0, 0.05) is 12.0 Å². The molecule has 0 aliphatic carbocycles. The van der Waals surface area contributed by atoms with Gasteiger partial charge in [-0.3, -0.25) is 4.79 Å². The van der Waals surface area contributed by atoms with Gasteiger partial charge in [0.15, 0.2) is 0 Å². The highest BCUT2D eigenvalue weighted by Gasteiger charge is 2.21. The first-order valence-corrected chi connectivity index (χ1v) is 6.39. The van der Waals surface area contributed by atoms with Crippen molar-refractivity contribution in [3.05, 3.63) is 35.9 Å². The van der Waals surface area contributed by atoms with Crippen LogP contribution in [0.25, 0.3) is 0 Å². The van der Waals surface area contributed by atoms with E-state index in [1.54, 1.807) is 12.1 Å². The average Bonchev–Trinajstić information content (AvgIpc) is 3.08. The first kappa shape index (κ1) is 12.0. The van der Waals surface area contributed by atoms with Crippen molar-refractivity contribution in [1.29, 1.82) is 0 Å². The number of furan rings is 1. The summed E-state index contributed by atoms with van der Waals surface area (Å²) in [7, 11) is 0. The lowest BCUT2D eigenvalue weighted by Gasteiger charge is -2.20. The maximum Gasteiger partial charge on any atom is 0.283 e. The fraction of sp³-hybridized carbons (Fsp3) is 0.385. The number of carbonyl (C=O) groups excluding carboxylic acids is 1. The molecule has 19 heavy (non-hydrogen) atoms. The normalized spacial score (nSPS) is 16.6. The third kappa shape index (κ3) is 2.26. The van der Waals surface area contributed by atoms with Crippen molar-refractivity contribution in [3.8, 4) is 0 Å². The summed E-state index contributed by atoms with van der Waals surface area (Å²) in [6.45, 7) is 1.96. The Labute approximate surface area is 110 Å². The van der Waals surface area contributed by atoms with E-state index in [2.05, 4.69) is 10.4 Å². The zero-order chi connectivity index (χ0) is 13.2. The highest BCUT2D eigenvalue weighted by Crippen LogP contribution is 2.25. The molecule has 3 heterocycles. The van der Waals surface area contributed by atoms with Gasteiger partial charge in [0.25, 0.3) is 5.91 Å². The van der Waals surface area contributed by atoms with Crippen molar-refractivity contribution in [2.45, 2.75) is 18.8 Å². The van der Waals surface area contributed by atoms with Gasteiger partial charge >= 0.3 is 0 Å². The van der Waals surface area contributed by atoms with E-state index in [4.69, 9.17) is 10.2 Å². The summed E-state index contributed by atoms with van der Waals surface area (Å²) in [6, 6.07) is 3.40. The predicted molar refractivity (Wildman–Crippen MR) is 69.9 cm³/mol. The molecule has 1 fully saturated rings. The summed E-state index contributed by atoms with van der Waals surface area (Å²) in [6.07, 6.45) is 4.90. The lowest BCUT2D eigenvalue weighted by molar-refractivity contribution is 0.0946. The van der Waals surface area contributed by atoms with Gasteiger partial charge in [-0.2, -0.15) is 9.78 Å². The van der Waals surface area contributed by atoms with Gasteiger partial charge in [-0.15, -0.1) is 0 Å². The standard InChI is InChI=1S/C13H16N4O2/c14-12-7-11(9-1-4-15-5-2-9)16-17(12)13(18)10-3-6-19-8-10/h3,6-9,15H,1-2,4-5,14H2. The fourth-order valence-corrected chi connectivity index (χ4v) is 2.40. The van der Waals surface area contributed by atoms with Crippen molar-refractivity contribution in [1.82, 2.24) is 15.1 Å². The number of anilines is 1. The summed E-state index contributed by atoms with van der Waals surface area (Å²) in [5.41, 5.74) is 7.24. The molecule has 3 rings (SSSR count). The largest absolute Gasteiger partial charge is 0.472 e. The number of nitrogens with two attached hydrogens (primary N) is 1. The van der Waals surface area contributed by atoms with Crippen LogP contribution in [0.4, 0.5) is 5.82 Å². The minimum absolute atomic E-state index is 0.258. The topological polar surface area (TPSA) is 86.1 Å². The molecule has 3 N–H and O–H groups in total. The number of piperidine rings is 1. The van der Waals surface area contributed by atoms with E-state index in [9.17, 15) is 4.79 Å². The zero-order valence-electron chi connectivity index (χ0n) is 10.5. The van der Waals surface area contributed by atoms with Gasteiger partial charge in [0.05, 0.1) is 17.5 Å². The maximum atomic E-state index is 12.2. The van der Waals surface area contributed by atoms with Crippen LogP contribution in [0.2, 0.25) is 0 Å². The molecule has 100 valence electrons. The van der Waals surface area contributed by atoms with Crippen LogP contribution in [0.1, 0.15) is 34.8 Å². The summed E-state index contributed by atoms with van der Waals surface area (Å²) in [5, 5.41) is 7.67. The highest BCUT2D eigenvalue weighted by atomic mass is 16.3. The molecule has 0 spiro atoms. The molecule has 1 aliphatic rings. The predicted octanol–water partition coefficient (Wildman–Crippen LogP) is 1.21. The minimum Gasteiger partial charge on any atom is -0.472 e. The van der Waals surface area contributed by atoms with Crippen molar-refractivity contribution in [3.63, 3.8) is 0 Å². The van der Waals surface area contributed by atoms with Crippen molar-refractivity contribution >= 4 is 11.7 Å². The summed E-state index contributed by atoms with van der Waals surface area (Å²) in [5.74, 6) is 0.494. The van der Waals surface area contributed by atoms with E-state index in [1.165, 1.54) is 17.2 Å². The second-order valence-corrected chi connectivity index (χ2v) is 4.75. The number of nitrogen functional groups attached to an aromatic ring is 1. The Hall–Kier alpha value is -2.08. The third-order valence-corrected chi connectivity index (χ3v) is 3.47. The molecule has 0 amide bonds. The lowest BCUT2D eigenvalue weighted by atomic mass is 9.95. The Morgan fingerprint density at radius 3 is 2.95 bits per heavy atom. The van der Waals surface area contributed by atoms with Crippen LogP contribution >= 0.6 is 0 Å². The lowest BCUT2D eigenvalue weighted by Crippen LogP contribution is -2.27. The zero-order valence-corrected chi connectivity index (χ0v) is 10.5. The van der Waals surface area contributed by atoms with Gasteiger partial charge in [-0.25, -0.2) is 0 Å². The molecule has 1 aliphatic heterocycles. The number of hydrogen-bond donors (Lipinski definition) is 2. The van der Waals surface area contributed by atoms with E-state index < -0.39 is 0 Å². The molecule has 0 radical (unpaired) electrons. The van der Waals surface area contributed by atoms with Gasteiger partial charge < -0.3 is 15.5 Å². The van der Waals surface area contributed by atoms with Crippen molar-refractivity contribution < 1.29 is 9.21 Å². The SMILES string of the molecule is Nc1cc(C2CCNCC2)nn1C(=O)c1ccoc1. The maximum absolute atomic E-state index is 12.2. The molecule has 0 saturated carbocycles. The number of rotatable bonds is 2. The molecule has 0 atom stereocenters. The van der Waals surface area contributed by atoms with Crippen LogP contribution in [0, 0.1) is 0 Å². The second kappa shape index (κ2) is 4.89. The van der Waals surface area contributed by atoms with Gasteiger partial charge in [-0.1, -0.05) is 0 Å². The molecule has 0 bridgehead atoms. The van der Waals surface area contributed by atoms with Crippen LogP contribution in [0.15, 0.2) is 29.1 Å². The van der Waals surface area contributed by atoms with Gasteiger partial charge in [0.2, 0.25) is 0 Å². The van der Waals surface area contributed by atoms with E-state index in [-0.39, 0.29) is 5.91 Å². The molecule has 0 unspecified atom stereocenters. The van der Waals surface area contributed by atoms with E-state index >= 15 is 0 Å². The average molecular weight is 260 g/mol. The first-order valence-electron chi connectivity index (χ1n) is 6.39. The fourth-order valence-electron chi connectivity index (χ4n) is 2.40. The summed E-state index contributed by atoms with van der Waals surface area (Å²) < 4.78 is 6.16. The number of carbonyl (C=O) groups is 1. The number of hydrogen-bond acceptors (Lipinski definition) is 5. The Kier molecular flexibility index (Phi) is 3.08. The molecule has 1 saturated heterocycles. The van der Waals surface area contributed by atoms with E-state index in [1.807, 2.05) is 0 Å². The molecular formula is C13H16N4O2. The van der Waals surface area contributed by atoms with Crippen LogP contribution in [-0.2, 0) is 0 Å². The molecule has 2 aromatic heterocycles. The Balaban J connectivity index is 1.87. The Bertz CT molecular complexity index is 567. The van der Waals surface area contributed by atoms with Crippen LogP contribution in [-0.4, -0.2) is 28.8 Å². The van der Waals surface area contributed by atoms with Crippen molar-refractivity contribution in [2.24, 2.45) is 0 Å². The highest BCUT2D eigenvalue weighted by molar-refractivity contribution is 5.96. The molecule has 6 nitrogen and oxygen atoms in total. The molecule has 6 heteroatoms. The number of aromatic nitrogens is 2. The number of nitrogens with zero attached hydrogens (tertiary/aromatic N) is 2. The van der Waals surface area contributed by atoms with Crippen LogP contribution in [0.5, 0.6) is 0 Å². The first-order chi connectivity index (χ1) is 9.25. The monoisotopic (exact) mass is 260 g/mol. The second-order valence-electron chi connectivity index (χ2n) is 4.75. The van der Waals surface area contributed by atoms with Gasteiger partial charge in [-0.05, 0) is 32.0 Å². The van der Waals surface area contributed by atoms with E-state index in [0.29, 0.717) is 17.3 Å². The molecule has 2 aromatic rings. The summed E-state index contributed by atoms with van der Waals surface area (Å²) >= 11 is 0. The van der Waals surface area contributed by atoms with Gasteiger partial charge in [0.1, 0.15) is 12.1 Å². The third-order valence-electron chi connectivity index (χ3n) is 3.47. The molecule has 0 aromatic carbocycles. The molecular weight excluding hydrogens is 244 g/mol. The smallest absolute Gasteiger partial charge is 0.283 e. The van der Waals surface area contributed by atoms with E-state index in [0.717, 1.165) is 31.6 Å². The van der Waals surface area contributed by atoms with Crippen molar-refractivity contribution in [2.75, 3.05) is 18.8 Å². The summed E-state index contributed by atoms with van der Waals surface area (Å²) in [4.78, 5) is 12.2. The quantitative estimate of drug-likeness (QED) is 0.847.